The van der Waals surface area contributed by atoms with E-state index in [1.807, 2.05) is 48.5 Å². The zero-order valence-electron chi connectivity index (χ0n) is 15.1. The molecule has 3 rings (SSSR count). The first kappa shape index (κ1) is 18.6. The van der Waals surface area contributed by atoms with E-state index in [1.54, 1.807) is 13.0 Å². The summed E-state index contributed by atoms with van der Waals surface area (Å²) in [5.74, 6) is -0.389. The molecule has 27 heavy (non-hydrogen) atoms. The van der Waals surface area contributed by atoms with Gasteiger partial charge in [-0.2, -0.15) is 0 Å². The molecule has 1 aliphatic rings. The van der Waals surface area contributed by atoms with Crippen LogP contribution in [0.5, 0.6) is 0 Å². The average molecular weight is 362 g/mol. The number of allylic oxidation sites excluding steroid dienone is 2. The molecule has 2 aromatic rings. The van der Waals surface area contributed by atoms with Gasteiger partial charge in [0.15, 0.2) is 0 Å². The van der Waals surface area contributed by atoms with Gasteiger partial charge in [-0.3, -0.25) is 4.79 Å². The van der Waals surface area contributed by atoms with Crippen molar-refractivity contribution >= 4 is 22.9 Å². The predicted molar refractivity (Wildman–Crippen MR) is 108 cm³/mol. The molecule has 6 heteroatoms. The van der Waals surface area contributed by atoms with Gasteiger partial charge < -0.3 is 21.9 Å². The van der Waals surface area contributed by atoms with Crippen molar-refractivity contribution in [3.05, 3.63) is 82.8 Å². The van der Waals surface area contributed by atoms with Crippen LogP contribution >= 0.6 is 0 Å². The van der Waals surface area contributed by atoms with E-state index in [2.05, 4.69) is 10.3 Å². The lowest BCUT2D eigenvalue weighted by molar-refractivity contribution is -0.109. The second kappa shape index (κ2) is 7.99. The maximum atomic E-state index is 12.5. The lowest BCUT2D eigenvalue weighted by Crippen LogP contribution is -2.22. The minimum absolute atomic E-state index is 0.0830. The van der Waals surface area contributed by atoms with Crippen LogP contribution in [0.3, 0.4) is 0 Å². The maximum absolute atomic E-state index is 12.5. The molecule has 0 aromatic heterocycles. The van der Waals surface area contributed by atoms with Crippen molar-refractivity contribution in [2.45, 2.75) is 20.0 Å². The van der Waals surface area contributed by atoms with Gasteiger partial charge in [0.1, 0.15) is 11.5 Å². The van der Waals surface area contributed by atoms with Gasteiger partial charge in [-0.15, -0.1) is 0 Å². The maximum Gasteiger partial charge on any atom is 0.210 e. The standard InChI is InChI=1S/C21H22N4O2/c1-13-20(26)18(24-16-6-2-14(11-22)3-7-16)10-19(21(13)27)25-17-8-4-15(12-23)5-9-17/h2-10,24,26H,11-12,22-23H2,1H3. The first-order chi connectivity index (χ1) is 13.0. The molecule has 0 amide bonds. The monoisotopic (exact) mass is 362 g/mol. The number of Topliss-reactive ketones (excluding diaryl/α,β-unsaturated/α-hetero) is 1. The number of aliphatic hydroxyl groups excluding tert-OH is 1. The van der Waals surface area contributed by atoms with Crippen LogP contribution in [-0.2, 0) is 17.9 Å². The summed E-state index contributed by atoms with van der Waals surface area (Å²) in [5, 5.41) is 13.5. The summed E-state index contributed by atoms with van der Waals surface area (Å²) < 4.78 is 0. The summed E-state index contributed by atoms with van der Waals surface area (Å²) in [7, 11) is 0. The zero-order valence-corrected chi connectivity index (χ0v) is 15.1. The number of anilines is 1. The van der Waals surface area contributed by atoms with Gasteiger partial charge in [0.2, 0.25) is 5.78 Å². The lowest BCUT2D eigenvalue weighted by Gasteiger charge is -2.18. The number of ketones is 1. The van der Waals surface area contributed by atoms with Crippen molar-refractivity contribution < 1.29 is 9.90 Å². The van der Waals surface area contributed by atoms with Crippen LogP contribution in [0.15, 0.2) is 76.6 Å². The zero-order chi connectivity index (χ0) is 19.4. The number of nitrogens with zero attached hydrogens (tertiary/aromatic N) is 1. The van der Waals surface area contributed by atoms with Crippen molar-refractivity contribution in [3.8, 4) is 0 Å². The highest BCUT2D eigenvalue weighted by atomic mass is 16.3. The Balaban J connectivity index is 1.91. The predicted octanol–water partition coefficient (Wildman–Crippen LogP) is 3.09. The normalized spacial score (nSPS) is 15.9. The fourth-order valence-corrected chi connectivity index (χ4v) is 2.68. The molecule has 0 radical (unpaired) electrons. The van der Waals surface area contributed by atoms with E-state index in [0.717, 1.165) is 16.8 Å². The third-order valence-electron chi connectivity index (χ3n) is 4.35. The quantitative estimate of drug-likeness (QED) is 0.610. The number of rotatable bonds is 5. The number of nitrogens with two attached hydrogens (primary N) is 2. The Bertz CT molecular complexity index is 939. The SMILES string of the molecule is CC1=C(O)C(Nc2ccc(CN)cc2)=CC(=Nc2ccc(CN)cc2)C1=O. The van der Waals surface area contributed by atoms with Crippen LogP contribution in [0.25, 0.3) is 0 Å². The van der Waals surface area contributed by atoms with Gasteiger partial charge in [-0.25, -0.2) is 4.99 Å². The molecule has 0 bridgehead atoms. The first-order valence-corrected chi connectivity index (χ1v) is 8.62. The van der Waals surface area contributed by atoms with Crippen molar-refractivity contribution in [1.82, 2.24) is 0 Å². The molecular weight excluding hydrogens is 340 g/mol. The highest BCUT2D eigenvalue weighted by Gasteiger charge is 2.24. The molecule has 0 aliphatic heterocycles. The molecule has 0 saturated heterocycles. The van der Waals surface area contributed by atoms with Gasteiger partial charge >= 0.3 is 0 Å². The number of carbonyl (C=O) groups excluding carboxylic acids is 1. The largest absolute Gasteiger partial charge is 0.505 e. The number of aliphatic hydroxyl groups is 1. The Hall–Kier alpha value is -3.22. The third kappa shape index (κ3) is 4.13. The van der Waals surface area contributed by atoms with Gasteiger partial charge in [0.25, 0.3) is 0 Å². The molecule has 0 atom stereocenters. The van der Waals surface area contributed by atoms with Crippen molar-refractivity contribution in [2.75, 3.05) is 5.32 Å². The van der Waals surface area contributed by atoms with Gasteiger partial charge in [0.05, 0.1) is 11.4 Å². The molecule has 6 N–H and O–H groups in total. The minimum atomic E-state index is -0.306. The molecule has 2 aromatic carbocycles. The molecule has 1 aliphatic carbocycles. The second-order valence-electron chi connectivity index (χ2n) is 6.25. The summed E-state index contributed by atoms with van der Waals surface area (Å²) >= 11 is 0. The molecule has 0 unspecified atom stereocenters. The van der Waals surface area contributed by atoms with E-state index < -0.39 is 0 Å². The summed E-state index contributed by atoms with van der Waals surface area (Å²) in [6, 6.07) is 14.9. The Kier molecular flexibility index (Phi) is 5.49. The molecule has 0 heterocycles. The fourth-order valence-electron chi connectivity index (χ4n) is 2.68. The Morgan fingerprint density at radius 1 is 0.963 bits per heavy atom. The number of hydrogen-bond acceptors (Lipinski definition) is 6. The summed E-state index contributed by atoms with van der Waals surface area (Å²) in [5.41, 5.74) is 15.6. The fraction of sp³-hybridized carbons (Fsp3) is 0.143. The smallest absolute Gasteiger partial charge is 0.210 e. The van der Waals surface area contributed by atoms with E-state index in [4.69, 9.17) is 11.5 Å². The third-order valence-corrected chi connectivity index (χ3v) is 4.35. The highest BCUT2D eigenvalue weighted by molar-refractivity contribution is 6.51. The van der Waals surface area contributed by atoms with E-state index >= 15 is 0 Å². The van der Waals surface area contributed by atoms with E-state index in [1.165, 1.54) is 0 Å². The van der Waals surface area contributed by atoms with E-state index in [-0.39, 0.29) is 22.8 Å². The molecule has 0 fully saturated rings. The number of carbonyl (C=O) groups is 1. The minimum Gasteiger partial charge on any atom is -0.505 e. The topological polar surface area (TPSA) is 114 Å². The van der Waals surface area contributed by atoms with E-state index in [9.17, 15) is 9.90 Å². The van der Waals surface area contributed by atoms with E-state index in [0.29, 0.717) is 24.5 Å². The number of hydrogen-bond donors (Lipinski definition) is 4. The molecule has 138 valence electrons. The summed E-state index contributed by atoms with van der Waals surface area (Å²) in [6.45, 7) is 2.49. The van der Waals surface area contributed by atoms with Crippen LogP contribution in [0.1, 0.15) is 18.1 Å². The number of aliphatic imine (C=N–C) groups is 1. The number of nitrogens with one attached hydrogen (secondary N) is 1. The van der Waals surface area contributed by atoms with Crippen LogP contribution in [0, 0.1) is 0 Å². The molecule has 0 spiro atoms. The lowest BCUT2D eigenvalue weighted by atomic mass is 9.98. The van der Waals surface area contributed by atoms with Gasteiger partial charge in [-0.05, 0) is 48.4 Å². The second-order valence-corrected chi connectivity index (χ2v) is 6.25. The average Bonchev–Trinajstić information content (AvgIpc) is 2.71. The summed E-state index contributed by atoms with van der Waals surface area (Å²) in [6.07, 6.45) is 1.55. The van der Waals surface area contributed by atoms with Crippen LogP contribution in [0.2, 0.25) is 0 Å². The molecule has 6 nitrogen and oxygen atoms in total. The van der Waals surface area contributed by atoms with Crippen molar-refractivity contribution in [1.29, 1.82) is 0 Å². The van der Waals surface area contributed by atoms with Crippen LogP contribution < -0.4 is 16.8 Å². The van der Waals surface area contributed by atoms with Crippen LogP contribution in [-0.4, -0.2) is 16.6 Å². The van der Waals surface area contributed by atoms with Gasteiger partial charge in [-0.1, -0.05) is 24.3 Å². The van der Waals surface area contributed by atoms with Crippen molar-refractivity contribution in [3.63, 3.8) is 0 Å². The van der Waals surface area contributed by atoms with Gasteiger partial charge in [0, 0.05) is 24.4 Å². The summed E-state index contributed by atoms with van der Waals surface area (Å²) in [4.78, 5) is 16.9. The molecule has 0 saturated carbocycles. The van der Waals surface area contributed by atoms with Crippen molar-refractivity contribution in [2.24, 2.45) is 16.5 Å². The Labute approximate surface area is 157 Å². The highest BCUT2D eigenvalue weighted by Crippen LogP contribution is 2.24. The first-order valence-electron chi connectivity index (χ1n) is 8.62. The Morgan fingerprint density at radius 3 is 2.07 bits per heavy atom. The molecular formula is C21H22N4O2. The number of benzene rings is 2. The Morgan fingerprint density at radius 2 is 1.52 bits per heavy atom. The van der Waals surface area contributed by atoms with Crippen LogP contribution in [0.4, 0.5) is 11.4 Å².